The molecule has 1 aliphatic rings. The van der Waals surface area contributed by atoms with E-state index in [1.165, 1.54) is 18.2 Å². The van der Waals surface area contributed by atoms with Gasteiger partial charge >= 0.3 is 6.18 Å². The van der Waals surface area contributed by atoms with Gasteiger partial charge in [0.15, 0.2) is 12.4 Å². The number of amides is 1. The number of ether oxygens (including phenoxy) is 1. The number of aromatic nitrogens is 2. The molecule has 4 rings (SSSR count). The molecule has 32 heavy (non-hydrogen) atoms. The standard InChI is InChI=1S/C23H21F3N4O2/c24-23(25,26)18-5-1-2-6-20(18)32-15-22(31)27-17-9-7-16(8-10-17)19-11-12-21(29-28-19)30-13-3-4-14-30/h1-2,5-12H,3-4,13-15H2,(H,27,31). The summed E-state index contributed by atoms with van der Waals surface area (Å²) in [7, 11) is 0. The molecule has 6 nitrogen and oxygen atoms in total. The van der Waals surface area contributed by atoms with E-state index < -0.39 is 24.3 Å². The first-order chi connectivity index (χ1) is 15.4. The lowest BCUT2D eigenvalue weighted by molar-refractivity contribution is -0.139. The highest BCUT2D eigenvalue weighted by molar-refractivity contribution is 5.92. The van der Waals surface area contributed by atoms with E-state index in [2.05, 4.69) is 20.4 Å². The molecule has 2 aromatic carbocycles. The molecule has 1 aliphatic heterocycles. The Morgan fingerprint density at radius 1 is 0.969 bits per heavy atom. The molecule has 2 heterocycles. The van der Waals surface area contributed by atoms with Crippen molar-refractivity contribution in [2.45, 2.75) is 19.0 Å². The fraction of sp³-hybridized carbons (Fsp3) is 0.261. The van der Waals surface area contributed by atoms with Crippen molar-refractivity contribution in [3.8, 4) is 17.0 Å². The van der Waals surface area contributed by atoms with Gasteiger partial charge in [0.1, 0.15) is 5.75 Å². The van der Waals surface area contributed by atoms with Crippen LogP contribution in [0.2, 0.25) is 0 Å². The second kappa shape index (κ2) is 9.25. The van der Waals surface area contributed by atoms with Crippen molar-refractivity contribution >= 4 is 17.4 Å². The van der Waals surface area contributed by atoms with Gasteiger partial charge in [0, 0.05) is 24.3 Å². The average molecular weight is 442 g/mol. The molecule has 3 aromatic rings. The maximum absolute atomic E-state index is 13.0. The van der Waals surface area contributed by atoms with E-state index in [0.717, 1.165) is 43.4 Å². The third-order valence-electron chi connectivity index (χ3n) is 5.10. The molecule has 1 aromatic heterocycles. The predicted molar refractivity (Wildman–Crippen MR) is 114 cm³/mol. The number of carbonyl (C=O) groups excluding carboxylic acids is 1. The molecule has 1 fully saturated rings. The van der Waals surface area contributed by atoms with Crippen LogP contribution in [0.15, 0.2) is 60.7 Å². The number of benzene rings is 2. The van der Waals surface area contributed by atoms with Gasteiger partial charge in [-0.25, -0.2) is 0 Å². The molecule has 1 saturated heterocycles. The summed E-state index contributed by atoms with van der Waals surface area (Å²) in [5.41, 5.74) is 1.11. The van der Waals surface area contributed by atoms with Crippen LogP contribution in [0.25, 0.3) is 11.3 Å². The topological polar surface area (TPSA) is 67.3 Å². The van der Waals surface area contributed by atoms with E-state index in [-0.39, 0.29) is 5.75 Å². The lowest BCUT2D eigenvalue weighted by Gasteiger charge is -2.15. The molecule has 1 N–H and O–H groups in total. The Kier molecular flexibility index (Phi) is 6.25. The highest BCUT2D eigenvalue weighted by Crippen LogP contribution is 2.35. The molecule has 0 unspecified atom stereocenters. The second-order valence-corrected chi connectivity index (χ2v) is 7.38. The predicted octanol–water partition coefficient (Wildman–Crippen LogP) is 4.78. The van der Waals surface area contributed by atoms with E-state index in [1.807, 2.05) is 12.1 Å². The van der Waals surface area contributed by atoms with Crippen molar-refractivity contribution < 1.29 is 22.7 Å². The van der Waals surface area contributed by atoms with Crippen molar-refractivity contribution in [3.63, 3.8) is 0 Å². The highest BCUT2D eigenvalue weighted by Gasteiger charge is 2.34. The van der Waals surface area contributed by atoms with Gasteiger partial charge in [-0.2, -0.15) is 13.2 Å². The molecule has 9 heteroatoms. The molecule has 0 bridgehead atoms. The Morgan fingerprint density at radius 2 is 1.69 bits per heavy atom. The largest absolute Gasteiger partial charge is 0.483 e. The number of anilines is 2. The third-order valence-corrected chi connectivity index (χ3v) is 5.10. The number of carbonyl (C=O) groups is 1. The van der Waals surface area contributed by atoms with Gasteiger partial charge in [-0.1, -0.05) is 24.3 Å². The van der Waals surface area contributed by atoms with Crippen molar-refractivity contribution in [1.82, 2.24) is 10.2 Å². The molecule has 166 valence electrons. The normalized spacial score (nSPS) is 13.8. The van der Waals surface area contributed by atoms with Crippen LogP contribution in [-0.2, 0) is 11.0 Å². The van der Waals surface area contributed by atoms with Crippen LogP contribution >= 0.6 is 0 Å². The lowest BCUT2D eigenvalue weighted by Crippen LogP contribution is -2.21. The fourth-order valence-corrected chi connectivity index (χ4v) is 3.49. The number of hydrogen-bond donors (Lipinski definition) is 1. The molecule has 0 atom stereocenters. The van der Waals surface area contributed by atoms with E-state index in [0.29, 0.717) is 11.4 Å². The van der Waals surface area contributed by atoms with Crippen LogP contribution in [0, 0.1) is 0 Å². The summed E-state index contributed by atoms with van der Waals surface area (Å²) in [5.74, 6) is -0.0897. The Labute approximate surface area is 183 Å². The van der Waals surface area contributed by atoms with E-state index in [9.17, 15) is 18.0 Å². The maximum atomic E-state index is 13.0. The molecule has 0 spiro atoms. The average Bonchev–Trinajstić information content (AvgIpc) is 3.33. The lowest BCUT2D eigenvalue weighted by atomic mass is 10.1. The number of alkyl halides is 3. The third kappa shape index (κ3) is 5.16. The minimum absolute atomic E-state index is 0.388. The summed E-state index contributed by atoms with van der Waals surface area (Å²) in [6, 6.07) is 15.6. The molecule has 1 amide bonds. The maximum Gasteiger partial charge on any atom is 0.419 e. The van der Waals surface area contributed by atoms with Gasteiger partial charge < -0.3 is 15.0 Å². The van der Waals surface area contributed by atoms with Crippen molar-refractivity contribution in [1.29, 1.82) is 0 Å². The Balaban J connectivity index is 1.34. The molecule has 0 saturated carbocycles. The zero-order valence-corrected chi connectivity index (χ0v) is 17.1. The van der Waals surface area contributed by atoms with Crippen molar-refractivity contribution in [3.05, 3.63) is 66.2 Å². The van der Waals surface area contributed by atoms with Crippen LogP contribution < -0.4 is 15.0 Å². The second-order valence-electron chi connectivity index (χ2n) is 7.38. The summed E-state index contributed by atoms with van der Waals surface area (Å²) >= 11 is 0. The first-order valence-corrected chi connectivity index (χ1v) is 10.2. The summed E-state index contributed by atoms with van der Waals surface area (Å²) in [6.07, 6.45) is -2.23. The molecular formula is C23H21F3N4O2. The Morgan fingerprint density at radius 3 is 2.34 bits per heavy atom. The molecule has 0 radical (unpaired) electrons. The smallest absolute Gasteiger partial charge is 0.419 e. The Bertz CT molecular complexity index is 1060. The van der Waals surface area contributed by atoms with E-state index >= 15 is 0 Å². The number of hydrogen-bond acceptors (Lipinski definition) is 5. The van der Waals surface area contributed by atoms with E-state index in [1.54, 1.807) is 24.3 Å². The summed E-state index contributed by atoms with van der Waals surface area (Å²) in [6.45, 7) is 1.44. The quantitative estimate of drug-likeness (QED) is 0.595. The van der Waals surface area contributed by atoms with Gasteiger partial charge in [-0.3, -0.25) is 4.79 Å². The molecular weight excluding hydrogens is 421 g/mol. The van der Waals surface area contributed by atoms with Crippen molar-refractivity contribution in [2.24, 2.45) is 0 Å². The first-order valence-electron chi connectivity index (χ1n) is 10.2. The number of rotatable bonds is 6. The van der Waals surface area contributed by atoms with Gasteiger partial charge in [0.2, 0.25) is 0 Å². The Hall–Kier alpha value is -3.62. The van der Waals surface area contributed by atoms with Gasteiger partial charge in [-0.05, 0) is 49.2 Å². The van der Waals surface area contributed by atoms with Gasteiger partial charge in [0.25, 0.3) is 5.91 Å². The van der Waals surface area contributed by atoms with Crippen LogP contribution in [0.3, 0.4) is 0 Å². The summed E-state index contributed by atoms with van der Waals surface area (Å²) in [5, 5.41) is 11.2. The van der Waals surface area contributed by atoms with Crippen LogP contribution in [0.4, 0.5) is 24.7 Å². The monoisotopic (exact) mass is 442 g/mol. The van der Waals surface area contributed by atoms with E-state index in [4.69, 9.17) is 4.74 Å². The SMILES string of the molecule is O=C(COc1ccccc1C(F)(F)F)Nc1ccc(-c2ccc(N3CCCC3)nn2)cc1. The fourth-order valence-electron chi connectivity index (χ4n) is 3.49. The number of halogens is 3. The minimum atomic E-state index is -4.56. The van der Waals surface area contributed by atoms with Crippen LogP contribution in [0.5, 0.6) is 5.75 Å². The summed E-state index contributed by atoms with van der Waals surface area (Å²) < 4.78 is 44.1. The highest BCUT2D eigenvalue weighted by atomic mass is 19.4. The molecule has 0 aliphatic carbocycles. The number of nitrogens with zero attached hydrogens (tertiary/aromatic N) is 3. The van der Waals surface area contributed by atoms with Crippen LogP contribution in [0.1, 0.15) is 18.4 Å². The summed E-state index contributed by atoms with van der Waals surface area (Å²) in [4.78, 5) is 14.3. The number of nitrogens with one attached hydrogen (secondary N) is 1. The van der Waals surface area contributed by atoms with Gasteiger partial charge in [0.05, 0.1) is 11.3 Å². The zero-order valence-electron chi connectivity index (χ0n) is 17.1. The minimum Gasteiger partial charge on any atom is -0.483 e. The van der Waals surface area contributed by atoms with Gasteiger partial charge in [-0.15, -0.1) is 10.2 Å². The van der Waals surface area contributed by atoms with Crippen LogP contribution in [-0.4, -0.2) is 35.8 Å². The zero-order chi connectivity index (χ0) is 22.6. The number of para-hydroxylation sites is 1. The first kappa shape index (κ1) is 21.6. The van der Waals surface area contributed by atoms with Crippen molar-refractivity contribution in [2.75, 3.05) is 29.9 Å².